The Balaban J connectivity index is 1.86. The lowest BCUT2D eigenvalue weighted by Crippen LogP contribution is -2.46. The minimum atomic E-state index is -1.04. The number of hydrogen-bond acceptors (Lipinski definition) is 3. The van der Waals surface area contributed by atoms with Gasteiger partial charge in [0.15, 0.2) is 0 Å². The van der Waals surface area contributed by atoms with Crippen LogP contribution in [0.4, 0.5) is 0 Å². The summed E-state index contributed by atoms with van der Waals surface area (Å²) in [6.45, 7) is 6.96. The van der Waals surface area contributed by atoms with Crippen molar-refractivity contribution in [3.63, 3.8) is 0 Å². The van der Waals surface area contributed by atoms with Crippen LogP contribution in [0.5, 0.6) is 0 Å². The summed E-state index contributed by atoms with van der Waals surface area (Å²) >= 11 is 0. The molecule has 0 aliphatic carbocycles. The molecule has 0 spiro atoms. The van der Waals surface area contributed by atoms with Crippen molar-refractivity contribution >= 4 is 17.8 Å². The first-order valence-electron chi connectivity index (χ1n) is 11.7. The maximum absolute atomic E-state index is 12.7. The number of nitrogens with one attached hydrogen (secondary N) is 1. The van der Waals surface area contributed by atoms with Gasteiger partial charge >= 0.3 is 5.97 Å². The van der Waals surface area contributed by atoms with Gasteiger partial charge in [0, 0.05) is 31.3 Å². The molecule has 1 aliphatic heterocycles. The molecule has 4 atom stereocenters. The van der Waals surface area contributed by atoms with Gasteiger partial charge in [-0.2, -0.15) is 0 Å². The molecule has 2 rings (SSSR count). The monoisotopic (exact) mass is 430 g/mol. The summed E-state index contributed by atoms with van der Waals surface area (Å²) in [5, 5.41) is 12.2. The average Bonchev–Trinajstić information content (AvgIpc) is 3.21. The molecule has 0 saturated carbocycles. The Morgan fingerprint density at radius 3 is 2.55 bits per heavy atom. The zero-order chi connectivity index (χ0) is 22.8. The predicted octanol–water partition coefficient (Wildman–Crippen LogP) is 4.03. The minimum absolute atomic E-state index is 0.0641. The number of nitrogens with zero attached hydrogens (tertiary/aromatic N) is 1. The van der Waals surface area contributed by atoms with Gasteiger partial charge in [0.1, 0.15) is 6.04 Å². The third-order valence-corrected chi connectivity index (χ3v) is 6.45. The van der Waals surface area contributed by atoms with Gasteiger partial charge in [-0.25, -0.2) is 4.79 Å². The van der Waals surface area contributed by atoms with Crippen molar-refractivity contribution in [2.45, 2.75) is 84.2 Å². The van der Waals surface area contributed by atoms with Gasteiger partial charge in [0.25, 0.3) is 0 Å². The van der Waals surface area contributed by atoms with Gasteiger partial charge in [-0.05, 0) is 37.2 Å². The van der Waals surface area contributed by atoms with E-state index in [-0.39, 0.29) is 30.2 Å². The highest BCUT2D eigenvalue weighted by molar-refractivity contribution is 5.85. The third-order valence-electron chi connectivity index (χ3n) is 6.45. The van der Waals surface area contributed by atoms with E-state index in [0.717, 1.165) is 44.2 Å². The van der Waals surface area contributed by atoms with Crippen molar-refractivity contribution in [1.29, 1.82) is 0 Å². The first kappa shape index (κ1) is 24.9. The Morgan fingerprint density at radius 2 is 1.90 bits per heavy atom. The van der Waals surface area contributed by atoms with Crippen LogP contribution >= 0.6 is 0 Å². The van der Waals surface area contributed by atoms with Crippen LogP contribution in [0, 0.1) is 11.8 Å². The Hall–Kier alpha value is -2.37. The van der Waals surface area contributed by atoms with Gasteiger partial charge in [-0.3, -0.25) is 9.59 Å². The van der Waals surface area contributed by atoms with Gasteiger partial charge in [-0.15, -0.1) is 0 Å². The molecular formula is C25H38N2O4. The Kier molecular flexibility index (Phi) is 10.0. The van der Waals surface area contributed by atoms with Crippen LogP contribution in [0.3, 0.4) is 0 Å². The fourth-order valence-corrected chi connectivity index (χ4v) is 4.24. The van der Waals surface area contributed by atoms with E-state index in [1.54, 1.807) is 0 Å². The quantitative estimate of drug-likeness (QED) is 0.524. The summed E-state index contributed by atoms with van der Waals surface area (Å²) in [5.41, 5.74) is 0.868. The molecule has 172 valence electrons. The summed E-state index contributed by atoms with van der Waals surface area (Å²) in [4.78, 5) is 39.0. The number of amides is 2. The fourth-order valence-electron chi connectivity index (χ4n) is 4.24. The van der Waals surface area contributed by atoms with Gasteiger partial charge < -0.3 is 15.3 Å². The maximum atomic E-state index is 12.7. The normalized spacial score (nSPS) is 18.9. The predicted molar refractivity (Wildman–Crippen MR) is 122 cm³/mol. The highest BCUT2D eigenvalue weighted by Gasteiger charge is 2.32. The van der Waals surface area contributed by atoms with Crippen molar-refractivity contribution in [2.24, 2.45) is 11.8 Å². The highest BCUT2D eigenvalue weighted by atomic mass is 16.4. The molecule has 1 aliphatic rings. The molecule has 2 amide bonds. The molecule has 0 radical (unpaired) electrons. The number of likely N-dealkylation sites (tertiary alicyclic amines) is 1. The third kappa shape index (κ3) is 8.00. The molecule has 1 aromatic rings. The SMILES string of the molecule is CCC(C)CCCC(=O)N1CCCC1CC(C)C(=O)NC(Cc1ccccc1)C(=O)O. The number of hydrogen-bond donors (Lipinski definition) is 2. The molecular weight excluding hydrogens is 392 g/mol. The Bertz CT molecular complexity index is 721. The van der Waals surface area contributed by atoms with Crippen LogP contribution in [0.2, 0.25) is 0 Å². The van der Waals surface area contributed by atoms with Crippen LogP contribution in [-0.2, 0) is 20.8 Å². The summed E-state index contributed by atoms with van der Waals surface area (Å²) in [6.07, 6.45) is 6.36. The van der Waals surface area contributed by atoms with Crippen LogP contribution in [0.15, 0.2) is 30.3 Å². The van der Waals surface area contributed by atoms with E-state index in [9.17, 15) is 19.5 Å². The summed E-state index contributed by atoms with van der Waals surface area (Å²) in [7, 11) is 0. The second-order valence-electron chi connectivity index (χ2n) is 9.01. The number of carboxylic acid groups (broad SMARTS) is 1. The topological polar surface area (TPSA) is 86.7 Å². The lowest BCUT2D eigenvalue weighted by molar-refractivity contribution is -0.142. The number of carboxylic acids is 1. The second kappa shape index (κ2) is 12.5. The summed E-state index contributed by atoms with van der Waals surface area (Å²) in [5.74, 6) is -0.825. The van der Waals surface area contributed by atoms with Crippen LogP contribution in [0.1, 0.15) is 71.3 Å². The van der Waals surface area contributed by atoms with E-state index in [1.807, 2.05) is 42.2 Å². The molecule has 4 unspecified atom stereocenters. The van der Waals surface area contributed by atoms with E-state index in [0.29, 0.717) is 18.8 Å². The molecule has 0 bridgehead atoms. The average molecular weight is 431 g/mol. The molecule has 1 aromatic carbocycles. The number of carbonyl (C=O) groups excluding carboxylic acids is 2. The molecule has 2 N–H and O–H groups in total. The summed E-state index contributed by atoms with van der Waals surface area (Å²) in [6, 6.07) is 8.40. The molecule has 6 heteroatoms. The highest BCUT2D eigenvalue weighted by Crippen LogP contribution is 2.25. The minimum Gasteiger partial charge on any atom is -0.480 e. The van der Waals surface area contributed by atoms with E-state index in [1.165, 1.54) is 0 Å². The van der Waals surface area contributed by atoms with E-state index in [2.05, 4.69) is 19.2 Å². The van der Waals surface area contributed by atoms with Gasteiger partial charge in [0.05, 0.1) is 0 Å². The number of benzene rings is 1. The van der Waals surface area contributed by atoms with Gasteiger partial charge in [0.2, 0.25) is 11.8 Å². The van der Waals surface area contributed by atoms with Crippen LogP contribution in [0.25, 0.3) is 0 Å². The van der Waals surface area contributed by atoms with Crippen molar-refractivity contribution in [3.05, 3.63) is 35.9 Å². The van der Waals surface area contributed by atoms with Gasteiger partial charge in [-0.1, -0.05) is 63.9 Å². The van der Waals surface area contributed by atoms with E-state index >= 15 is 0 Å². The standard InChI is InChI=1S/C25H38N2O4/c1-4-18(2)10-8-14-23(28)27-15-9-13-21(27)16-19(3)24(29)26-22(25(30)31)17-20-11-6-5-7-12-20/h5-7,11-12,18-19,21-22H,4,8-10,13-17H2,1-3H3,(H,26,29)(H,30,31). The number of rotatable bonds is 12. The zero-order valence-corrected chi connectivity index (χ0v) is 19.2. The number of aliphatic carboxylic acids is 1. The summed E-state index contributed by atoms with van der Waals surface area (Å²) < 4.78 is 0. The molecule has 1 saturated heterocycles. The van der Waals surface area contributed by atoms with Crippen molar-refractivity contribution < 1.29 is 19.5 Å². The lowest BCUT2D eigenvalue weighted by Gasteiger charge is -2.27. The number of carbonyl (C=O) groups is 3. The van der Waals surface area contributed by atoms with E-state index < -0.39 is 12.0 Å². The molecule has 1 heterocycles. The first-order chi connectivity index (χ1) is 14.8. The van der Waals surface area contributed by atoms with Crippen molar-refractivity contribution in [3.8, 4) is 0 Å². The molecule has 31 heavy (non-hydrogen) atoms. The van der Waals surface area contributed by atoms with Crippen LogP contribution < -0.4 is 5.32 Å². The van der Waals surface area contributed by atoms with E-state index in [4.69, 9.17) is 0 Å². The molecule has 0 aromatic heterocycles. The Labute approximate surface area is 186 Å². The van der Waals surface area contributed by atoms with Crippen molar-refractivity contribution in [1.82, 2.24) is 10.2 Å². The smallest absolute Gasteiger partial charge is 0.326 e. The molecule has 1 fully saturated rings. The van der Waals surface area contributed by atoms with Crippen molar-refractivity contribution in [2.75, 3.05) is 6.54 Å². The Morgan fingerprint density at radius 1 is 1.19 bits per heavy atom. The first-order valence-corrected chi connectivity index (χ1v) is 11.7. The largest absolute Gasteiger partial charge is 0.480 e. The fraction of sp³-hybridized carbons (Fsp3) is 0.640. The van der Waals surface area contributed by atoms with Crippen LogP contribution in [-0.4, -0.2) is 46.4 Å². The zero-order valence-electron chi connectivity index (χ0n) is 19.2. The lowest BCUT2D eigenvalue weighted by atomic mass is 9.97. The maximum Gasteiger partial charge on any atom is 0.326 e. The second-order valence-corrected chi connectivity index (χ2v) is 9.01. The molecule has 6 nitrogen and oxygen atoms in total.